The molecule has 0 bridgehead atoms. The Morgan fingerprint density at radius 1 is 1.10 bits per heavy atom. The van der Waals surface area contributed by atoms with Gasteiger partial charge in [-0.2, -0.15) is 0 Å². The first-order valence-electron chi connectivity index (χ1n) is 7.35. The van der Waals surface area contributed by atoms with Gasteiger partial charge in [0.25, 0.3) is 0 Å². The van der Waals surface area contributed by atoms with Gasteiger partial charge in [-0.3, -0.25) is 0 Å². The van der Waals surface area contributed by atoms with Gasteiger partial charge in [-0.25, -0.2) is 0 Å². The molecule has 0 amide bonds. The van der Waals surface area contributed by atoms with Crippen molar-refractivity contribution in [3.05, 3.63) is 35.9 Å². The van der Waals surface area contributed by atoms with Crippen LogP contribution < -0.4 is 5.32 Å². The summed E-state index contributed by atoms with van der Waals surface area (Å²) in [5.41, 5.74) is 1.40. The molecule has 0 aromatic heterocycles. The molecule has 0 aliphatic heterocycles. The zero-order chi connectivity index (χ0) is 14.8. The van der Waals surface area contributed by atoms with E-state index in [1.807, 2.05) is 0 Å². The Kier molecular flexibility index (Phi) is 8.23. The maximum atomic E-state index is 5.45. The van der Waals surface area contributed by atoms with Gasteiger partial charge in [0.1, 0.15) is 0 Å². The van der Waals surface area contributed by atoms with E-state index in [-0.39, 0.29) is 0 Å². The van der Waals surface area contributed by atoms with Crippen LogP contribution in [-0.4, -0.2) is 55.2 Å². The number of aryl methyl sites for hydroxylation is 1. The van der Waals surface area contributed by atoms with Gasteiger partial charge in [0.15, 0.2) is 5.11 Å². The summed E-state index contributed by atoms with van der Waals surface area (Å²) in [6.07, 6.45) is 2.23. The first kappa shape index (κ1) is 16.9. The van der Waals surface area contributed by atoms with E-state index in [2.05, 4.69) is 66.5 Å². The Labute approximate surface area is 129 Å². The third-order valence-electron chi connectivity index (χ3n) is 3.17. The maximum Gasteiger partial charge on any atom is 0.168 e. The molecule has 20 heavy (non-hydrogen) atoms. The molecule has 0 aliphatic rings. The van der Waals surface area contributed by atoms with Gasteiger partial charge in [-0.1, -0.05) is 30.3 Å². The number of benzene rings is 1. The largest absolute Gasteiger partial charge is 0.363 e. The van der Waals surface area contributed by atoms with Crippen LogP contribution in [-0.2, 0) is 6.42 Å². The SMILES string of the molecule is CCNC(=S)N(CCCc1ccccc1)CCN(C)C. The second kappa shape index (κ2) is 9.72. The van der Waals surface area contributed by atoms with Crippen molar-refractivity contribution in [3.8, 4) is 0 Å². The van der Waals surface area contributed by atoms with Crippen molar-refractivity contribution in [2.24, 2.45) is 0 Å². The second-order valence-electron chi connectivity index (χ2n) is 5.21. The van der Waals surface area contributed by atoms with Crippen LogP contribution in [0.4, 0.5) is 0 Å². The highest BCUT2D eigenvalue weighted by Crippen LogP contribution is 2.04. The quantitative estimate of drug-likeness (QED) is 0.742. The van der Waals surface area contributed by atoms with Crippen LogP contribution in [0.5, 0.6) is 0 Å². The number of hydrogen-bond donors (Lipinski definition) is 1. The van der Waals surface area contributed by atoms with Crippen molar-refractivity contribution in [2.75, 3.05) is 40.3 Å². The first-order valence-corrected chi connectivity index (χ1v) is 7.75. The molecule has 0 heterocycles. The van der Waals surface area contributed by atoms with Crippen LogP contribution in [0.2, 0.25) is 0 Å². The minimum absolute atomic E-state index is 0.877. The van der Waals surface area contributed by atoms with E-state index in [1.165, 1.54) is 5.56 Å². The minimum Gasteiger partial charge on any atom is -0.363 e. The summed E-state index contributed by atoms with van der Waals surface area (Å²) < 4.78 is 0. The predicted octanol–water partition coefficient (Wildman–Crippen LogP) is 2.38. The molecule has 1 rings (SSSR count). The van der Waals surface area contributed by atoms with Crippen molar-refractivity contribution in [1.29, 1.82) is 0 Å². The zero-order valence-corrected chi connectivity index (χ0v) is 13.7. The van der Waals surface area contributed by atoms with E-state index in [0.29, 0.717) is 0 Å². The second-order valence-corrected chi connectivity index (χ2v) is 5.60. The first-order chi connectivity index (χ1) is 9.63. The van der Waals surface area contributed by atoms with Gasteiger partial charge in [0, 0.05) is 26.2 Å². The van der Waals surface area contributed by atoms with Crippen molar-refractivity contribution in [3.63, 3.8) is 0 Å². The van der Waals surface area contributed by atoms with Crippen molar-refractivity contribution in [2.45, 2.75) is 19.8 Å². The van der Waals surface area contributed by atoms with Gasteiger partial charge < -0.3 is 15.1 Å². The Balaban J connectivity index is 2.41. The van der Waals surface area contributed by atoms with Crippen LogP contribution in [0.1, 0.15) is 18.9 Å². The van der Waals surface area contributed by atoms with Crippen LogP contribution in [0.3, 0.4) is 0 Å². The highest BCUT2D eigenvalue weighted by atomic mass is 32.1. The Hall–Kier alpha value is -1.13. The van der Waals surface area contributed by atoms with E-state index < -0.39 is 0 Å². The summed E-state index contributed by atoms with van der Waals surface area (Å²) in [4.78, 5) is 4.47. The van der Waals surface area contributed by atoms with Crippen LogP contribution in [0.15, 0.2) is 30.3 Å². The van der Waals surface area contributed by atoms with Gasteiger partial charge in [-0.15, -0.1) is 0 Å². The average molecular weight is 293 g/mol. The van der Waals surface area contributed by atoms with E-state index in [4.69, 9.17) is 12.2 Å². The Morgan fingerprint density at radius 2 is 1.80 bits per heavy atom. The normalized spacial score (nSPS) is 10.6. The predicted molar refractivity (Wildman–Crippen MR) is 91.2 cm³/mol. The molecule has 0 saturated carbocycles. The number of nitrogens with zero attached hydrogens (tertiary/aromatic N) is 2. The summed E-state index contributed by atoms with van der Waals surface area (Å²) in [7, 11) is 4.19. The molecule has 112 valence electrons. The maximum absolute atomic E-state index is 5.45. The lowest BCUT2D eigenvalue weighted by molar-refractivity contribution is 0.324. The van der Waals surface area contributed by atoms with Crippen molar-refractivity contribution >= 4 is 17.3 Å². The molecule has 0 saturated heterocycles. The van der Waals surface area contributed by atoms with Crippen molar-refractivity contribution < 1.29 is 0 Å². The fourth-order valence-electron chi connectivity index (χ4n) is 2.02. The molecule has 0 unspecified atom stereocenters. The summed E-state index contributed by atoms with van der Waals surface area (Å²) in [5, 5.41) is 4.13. The van der Waals surface area contributed by atoms with Gasteiger partial charge in [0.05, 0.1) is 0 Å². The number of thiocarbonyl (C=S) groups is 1. The molecule has 0 spiro atoms. The van der Waals surface area contributed by atoms with Gasteiger partial charge in [0.2, 0.25) is 0 Å². The molecule has 0 aliphatic carbocycles. The molecular weight excluding hydrogens is 266 g/mol. The Morgan fingerprint density at radius 3 is 2.40 bits per heavy atom. The summed E-state index contributed by atoms with van der Waals surface area (Å²) in [6.45, 7) is 5.98. The molecule has 3 nitrogen and oxygen atoms in total. The van der Waals surface area contributed by atoms with E-state index in [0.717, 1.165) is 44.1 Å². The molecule has 1 aromatic rings. The lowest BCUT2D eigenvalue weighted by Gasteiger charge is -2.27. The van der Waals surface area contributed by atoms with Crippen LogP contribution in [0.25, 0.3) is 0 Å². The topological polar surface area (TPSA) is 18.5 Å². The fraction of sp³-hybridized carbons (Fsp3) is 0.562. The van der Waals surface area contributed by atoms with E-state index in [9.17, 15) is 0 Å². The lowest BCUT2D eigenvalue weighted by atomic mass is 10.1. The average Bonchev–Trinajstić information content (AvgIpc) is 2.43. The standard InChI is InChI=1S/C16H27N3S/c1-4-17-16(20)19(14-13-18(2)3)12-8-11-15-9-6-5-7-10-15/h5-7,9-10H,4,8,11-14H2,1-3H3,(H,17,20). The highest BCUT2D eigenvalue weighted by Gasteiger charge is 2.08. The zero-order valence-electron chi connectivity index (χ0n) is 12.9. The third-order valence-corrected chi connectivity index (χ3v) is 3.57. The third kappa shape index (κ3) is 6.87. The number of likely N-dealkylation sites (N-methyl/N-ethyl adjacent to an activating group) is 1. The molecule has 0 atom stereocenters. The molecule has 4 heteroatoms. The summed E-state index contributed by atoms with van der Waals surface area (Å²) in [5.74, 6) is 0. The summed E-state index contributed by atoms with van der Waals surface area (Å²) >= 11 is 5.45. The number of rotatable bonds is 8. The number of nitrogens with one attached hydrogen (secondary N) is 1. The molecule has 0 radical (unpaired) electrons. The minimum atomic E-state index is 0.877. The van der Waals surface area contributed by atoms with Crippen LogP contribution in [0, 0.1) is 0 Å². The molecule has 0 fully saturated rings. The molecular formula is C16H27N3S. The van der Waals surface area contributed by atoms with Crippen molar-refractivity contribution in [1.82, 2.24) is 15.1 Å². The van der Waals surface area contributed by atoms with Gasteiger partial charge in [-0.05, 0) is 51.6 Å². The highest BCUT2D eigenvalue weighted by molar-refractivity contribution is 7.80. The lowest BCUT2D eigenvalue weighted by Crippen LogP contribution is -2.43. The molecule has 1 N–H and O–H groups in total. The fourth-order valence-corrected chi connectivity index (χ4v) is 2.34. The van der Waals surface area contributed by atoms with Gasteiger partial charge >= 0.3 is 0 Å². The molecule has 1 aromatic carbocycles. The number of hydrogen-bond acceptors (Lipinski definition) is 2. The van der Waals surface area contributed by atoms with E-state index in [1.54, 1.807) is 0 Å². The monoisotopic (exact) mass is 293 g/mol. The van der Waals surface area contributed by atoms with E-state index >= 15 is 0 Å². The van der Waals surface area contributed by atoms with Crippen LogP contribution >= 0.6 is 12.2 Å². The summed E-state index contributed by atoms with van der Waals surface area (Å²) in [6, 6.07) is 10.6. The Bertz CT molecular complexity index is 379. The smallest absolute Gasteiger partial charge is 0.168 e.